The molecule has 4 nitrogen and oxygen atoms in total. The number of thiophene rings is 1. The van der Waals surface area contributed by atoms with Gasteiger partial charge in [0.2, 0.25) is 0 Å². The van der Waals surface area contributed by atoms with Gasteiger partial charge in [-0.1, -0.05) is 0 Å². The Labute approximate surface area is 98.7 Å². The van der Waals surface area contributed by atoms with Crippen molar-refractivity contribution in [3.63, 3.8) is 0 Å². The van der Waals surface area contributed by atoms with Crippen molar-refractivity contribution in [3.05, 3.63) is 28.1 Å². The van der Waals surface area contributed by atoms with Crippen molar-refractivity contribution in [1.29, 1.82) is 5.26 Å². The Bertz CT molecular complexity index is 500. The van der Waals surface area contributed by atoms with E-state index in [9.17, 15) is 0 Å². The summed E-state index contributed by atoms with van der Waals surface area (Å²) in [6.07, 6.45) is 1.79. The Balaban J connectivity index is 2.28. The number of nitrogens with zero attached hydrogens (tertiary/aromatic N) is 3. The molecule has 2 aromatic rings. The zero-order valence-corrected chi connectivity index (χ0v) is 9.84. The number of aromatic nitrogens is 2. The topological polar surface area (TPSA) is 61.6 Å². The largest absolute Gasteiger partial charge is 0.275 e. The summed E-state index contributed by atoms with van der Waals surface area (Å²) in [5.41, 5.74) is 0.800. The molecule has 0 aliphatic heterocycles. The zero-order chi connectivity index (χ0) is 10.7. The highest BCUT2D eigenvalue weighted by Crippen LogP contribution is 2.29. The lowest BCUT2D eigenvalue weighted by Crippen LogP contribution is -1.93. The predicted octanol–water partition coefficient (Wildman–Crippen LogP) is 2.86. The van der Waals surface area contributed by atoms with Gasteiger partial charge in [-0.3, -0.25) is 5.32 Å². The minimum absolute atomic E-state index is 0.455. The van der Waals surface area contributed by atoms with E-state index in [1.807, 2.05) is 18.2 Å². The lowest BCUT2D eigenvalue weighted by atomic mass is 10.3. The summed E-state index contributed by atoms with van der Waals surface area (Å²) in [5.74, 6) is 0.455. The maximum atomic E-state index is 8.38. The van der Waals surface area contributed by atoms with E-state index < -0.39 is 0 Å². The second-order valence-corrected chi connectivity index (χ2v) is 5.11. The minimum Gasteiger partial charge on any atom is -0.275 e. The number of nitriles is 1. The molecule has 2 heterocycles. The van der Waals surface area contributed by atoms with Gasteiger partial charge in [-0.2, -0.15) is 5.26 Å². The number of rotatable bonds is 2. The van der Waals surface area contributed by atoms with E-state index in [-0.39, 0.29) is 0 Å². The molecule has 0 saturated carbocycles. The Morgan fingerprint density at radius 3 is 2.67 bits per heavy atom. The average molecular weight is 281 g/mol. The molecule has 15 heavy (non-hydrogen) atoms. The molecule has 0 aromatic carbocycles. The van der Waals surface area contributed by atoms with Crippen molar-refractivity contribution in [2.24, 2.45) is 0 Å². The number of hydrogen-bond donors (Lipinski definition) is 1. The third-order valence-corrected chi connectivity index (χ3v) is 3.32. The van der Waals surface area contributed by atoms with Crippen LogP contribution in [-0.4, -0.2) is 10.2 Å². The molecule has 0 spiro atoms. The quantitative estimate of drug-likeness (QED) is 0.679. The van der Waals surface area contributed by atoms with Crippen molar-refractivity contribution in [1.82, 2.24) is 10.2 Å². The third kappa shape index (κ3) is 2.32. The second kappa shape index (κ2) is 4.38. The molecule has 0 unspecified atom stereocenters. The average Bonchev–Trinajstić information content (AvgIpc) is 2.67. The van der Waals surface area contributed by atoms with Crippen molar-refractivity contribution in [2.45, 2.75) is 0 Å². The maximum Gasteiger partial charge on any atom is 0.182 e. The fourth-order valence-corrected chi connectivity index (χ4v) is 2.39. The molecular weight excluding hydrogens is 276 g/mol. The molecule has 1 N–H and O–H groups in total. The van der Waals surface area contributed by atoms with Crippen LogP contribution in [0.2, 0.25) is 0 Å². The van der Waals surface area contributed by atoms with Crippen LogP contribution in [0.4, 0.5) is 5.82 Å². The van der Waals surface area contributed by atoms with Gasteiger partial charge in [0.1, 0.15) is 5.69 Å². The van der Waals surface area contributed by atoms with Gasteiger partial charge in [0.05, 0.1) is 8.66 Å². The van der Waals surface area contributed by atoms with Gasteiger partial charge in [-0.15, -0.1) is 21.5 Å². The summed E-state index contributed by atoms with van der Waals surface area (Å²) < 4.78 is 1.05. The maximum absolute atomic E-state index is 8.38. The Kier molecular flexibility index (Phi) is 2.94. The summed E-state index contributed by atoms with van der Waals surface area (Å²) in [4.78, 5) is 1.04. The van der Waals surface area contributed by atoms with Gasteiger partial charge in [0.15, 0.2) is 12.0 Å². The molecule has 0 aliphatic rings. The number of hydrogen-bond acceptors (Lipinski definition) is 5. The van der Waals surface area contributed by atoms with Crippen molar-refractivity contribution in [2.75, 3.05) is 5.32 Å². The summed E-state index contributed by atoms with van der Waals surface area (Å²) >= 11 is 4.97. The summed E-state index contributed by atoms with van der Waals surface area (Å²) in [5, 5.41) is 18.7. The van der Waals surface area contributed by atoms with E-state index in [0.717, 1.165) is 14.4 Å². The molecule has 0 aliphatic carbocycles. The van der Waals surface area contributed by atoms with Crippen LogP contribution in [0.3, 0.4) is 0 Å². The van der Waals surface area contributed by atoms with E-state index in [1.54, 1.807) is 23.6 Å². The fraction of sp³-hybridized carbons (Fsp3) is 0. The molecule has 74 valence electrons. The first kappa shape index (κ1) is 10.1. The first-order valence-corrected chi connectivity index (χ1v) is 5.65. The van der Waals surface area contributed by atoms with Crippen LogP contribution in [-0.2, 0) is 0 Å². The van der Waals surface area contributed by atoms with E-state index in [1.165, 1.54) is 0 Å². The van der Waals surface area contributed by atoms with Crippen LogP contribution in [0.5, 0.6) is 0 Å². The van der Waals surface area contributed by atoms with Crippen molar-refractivity contribution >= 4 is 33.1 Å². The minimum atomic E-state index is 0.455. The lowest BCUT2D eigenvalue weighted by Gasteiger charge is -1.96. The monoisotopic (exact) mass is 280 g/mol. The SMILES string of the molecule is N#CNc1ccc(-c2ccc(Br)s2)nn1. The highest BCUT2D eigenvalue weighted by Gasteiger charge is 2.03. The zero-order valence-electron chi connectivity index (χ0n) is 7.44. The van der Waals surface area contributed by atoms with Gasteiger partial charge in [0.25, 0.3) is 0 Å². The molecule has 0 radical (unpaired) electrons. The predicted molar refractivity (Wildman–Crippen MR) is 62.3 cm³/mol. The Morgan fingerprint density at radius 2 is 2.13 bits per heavy atom. The van der Waals surface area contributed by atoms with E-state index in [0.29, 0.717) is 5.82 Å². The summed E-state index contributed by atoms with van der Waals surface area (Å²) in [6.45, 7) is 0. The van der Waals surface area contributed by atoms with E-state index in [2.05, 4.69) is 31.4 Å². The molecular formula is C9H5BrN4S. The molecule has 2 aromatic heterocycles. The Morgan fingerprint density at radius 1 is 1.27 bits per heavy atom. The number of halogens is 1. The van der Waals surface area contributed by atoms with Crippen LogP contribution in [0, 0.1) is 11.5 Å². The third-order valence-electron chi connectivity index (χ3n) is 1.67. The fourth-order valence-electron chi connectivity index (χ4n) is 1.04. The van der Waals surface area contributed by atoms with E-state index >= 15 is 0 Å². The number of anilines is 1. The smallest absolute Gasteiger partial charge is 0.182 e. The van der Waals surface area contributed by atoms with Gasteiger partial charge < -0.3 is 0 Å². The first-order chi connectivity index (χ1) is 7.29. The molecule has 2 rings (SSSR count). The van der Waals surface area contributed by atoms with Crippen LogP contribution in [0.25, 0.3) is 10.6 Å². The molecule has 6 heteroatoms. The highest BCUT2D eigenvalue weighted by atomic mass is 79.9. The standard InChI is InChI=1S/C9H5BrN4S/c10-8-3-2-7(15-8)6-1-4-9(12-5-11)14-13-6/h1-4H,(H,12,14). The van der Waals surface area contributed by atoms with Crippen LogP contribution in [0.1, 0.15) is 0 Å². The van der Waals surface area contributed by atoms with Gasteiger partial charge in [-0.05, 0) is 40.2 Å². The van der Waals surface area contributed by atoms with E-state index in [4.69, 9.17) is 5.26 Å². The molecule has 0 atom stereocenters. The van der Waals surface area contributed by atoms with Crippen molar-refractivity contribution < 1.29 is 0 Å². The first-order valence-electron chi connectivity index (χ1n) is 4.04. The molecule has 0 saturated heterocycles. The van der Waals surface area contributed by atoms with Crippen LogP contribution < -0.4 is 5.32 Å². The number of nitrogens with one attached hydrogen (secondary N) is 1. The normalized spacial score (nSPS) is 9.60. The highest BCUT2D eigenvalue weighted by molar-refractivity contribution is 9.11. The molecule has 0 amide bonds. The van der Waals surface area contributed by atoms with Crippen LogP contribution >= 0.6 is 27.3 Å². The van der Waals surface area contributed by atoms with Crippen molar-refractivity contribution in [3.8, 4) is 16.8 Å². The molecule has 0 bridgehead atoms. The summed E-state index contributed by atoms with van der Waals surface area (Å²) in [6, 6.07) is 7.48. The van der Waals surface area contributed by atoms with Gasteiger partial charge in [0, 0.05) is 0 Å². The van der Waals surface area contributed by atoms with Crippen LogP contribution in [0.15, 0.2) is 28.1 Å². The van der Waals surface area contributed by atoms with Gasteiger partial charge in [-0.25, -0.2) is 0 Å². The lowest BCUT2D eigenvalue weighted by molar-refractivity contribution is 1.05. The summed E-state index contributed by atoms with van der Waals surface area (Å²) in [7, 11) is 0. The molecule has 0 fully saturated rings. The second-order valence-electron chi connectivity index (χ2n) is 2.64. The Hall–Kier alpha value is -1.45. The van der Waals surface area contributed by atoms with Gasteiger partial charge >= 0.3 is 0 Å².